The Morgan fingerprint density at radius 1 is 1.11 bits per heavy atom. The molecule has 0 bridgehead atoms. The fraction of sp³-hybridized carbons (Fsp3) is 0.200. The minimum atomic E-state index is -0.618. The monoisotopic (exact) mass is 396 g/mol. The summed E-state index contributed by atoms with van der Waals surface area (Å²) < 4.78 is 1.56. The van der Waals surface area contributed by atoms with Gasteiger partial charge in [0, 0.05) is 7.05 Å². The number of para-hydroxylation sites is 1. The Morgan fingerprint density at radius 2 is 1.79 bits per heavy atom. The van der Waals surface area contributed by atoms with Crippen molar-refractivity contribution in [2.24, 2.45) is 0 Å². The Kier molecular flexibility index (Phi) is 6.10. The fourth-order valence-electron chi connectivity index (χ4n) is 2.63. The molecule has 3 rings (SSSR count). The highest BCUT2D eigenvalue weighted by molar-refractivity contribution is 8.00. The van der Waals surface area contributed by atoms with Crippen LogP contribution in [-0.4, -0.2) is 33.8 Å². The van der Waals surface area contributed by atoms with Crippen LogP contribution in [-0.2, 0) is 11.3 Å². The third-order valence-corrected chi connectivity index (χ3v) is 5.22. The number of urea groups is 1. The molecule has 144 valence electrons. The minimum Gasteiger partial charge on any atom is -0.341 e. The van der Waals surface area contributed by atoms with Crippen molar-refractivity contribution in [2.75, 3.05) is 7.05 Å². The summed E-state index contributed by atoms with van der Waals surface area (Å²) in [5.74, 6) is -0.460. The van der Waals surface area contributed by atoms with Gasteiger partial charge >= 0.3 is 6.03 Å². The first-order valence-corrected chi connectivity index (χ1v) is 9.60. The summed E-state index contributed by atoms with van der Waals surface area (Å²) in [6.07, 6.45) is 0. The van der Waals surface area contributed by atoms with Gasteiger partial charge in [-0.05, 0) is 24.6 Å². The molecule has 0 unspecified atom stereocenters. The first-order chi connectivity index (χ1) is 13.5. The second kappa shape index (κ2) is 8.71. The highest BCUT2D eigenvalue weighted by Gasteiger charge is 2.20. The van der Waals surface area contributed by atoms with Crippen LogP contribution in [0.5, 0.6) is 0 Å². The third-order valence-electron chi connectivity index (χ3n) is 4.13. The van der Waals surface area contributed by atoms with Crippen molar-refractivity contribution >= 4 is 34.6 Å². The number of imide groups is 1. The molecule has 28 heavy (non-hydrogen) atoms. The molecule has 2 N–H and O–H groups in total. The van der Waals surface area contributed by atoms with Gasteiger partial charge in [-0.3, -0.25) is 19.5 Å². The second-order valence-electron chi connectivity index (χ2n) is 6.12. The van der Waals surface area contributed by atoms with E-state index in [0.717, 1.165) is 17.3 Å². The number of rotatable bonds is 5. The number of nitrogens with one attached hydrogen (secondary N) is 2. The molecule has 0 saturated heterocycles. The van der Waals surface area contributed by atoms with E-state index in [-0.39, 0.29) is 5.56 Å². The van der Waals surface area contributed by atoms with Crippen LogP contribution in [0.25, 0.3) is 10.9 Å². The van der Waals surface area contributed by atoms with Gasteiger partial charge in [0.05, 0.1) is 22.7 Å². The zero-order valence-electron chi connectivity index (χ0n) is 15.5. The quantitative estimate of drug-likeness (QED) is 0.510. The Balaban J connectivity index is 1.99. The number of thioether (sulfide) groups is 1. The van der Waals surface area contributed by atoms with Crippen molar-refractivity contribution in [3.8, 4) is 0 Å². The molecule has 0 aliphatic heterocycles. The number of amides is 3. The van der Waals surface area contributed by atoms with Gasteiger partial charge in [0.1, 0.15) is 0 Å². The van der Waals surface area contributed by atoms with E-state index in [4.69, 9.17) is 0 Å². The van der Waals surface area contributed by atoms with Gasteiger partial charge in [-0.15, -0.1) is 0 Å². The summed E-state index contributed by atoms with van der Waals surface area (Å²) in [7, 11) is 1.43. The lowest BCUT2D eigenvalue weighted by molar-refractivity contribution is -0.119. The smallest absolute Gasteiger partial charge is 0.321 e. The van der Waals surface area contributed by atoms with Crippen LogP contribution in [0.2, 0.25) is 0 Å². The van der Waals surface area contributed by atoms with Crippen molar-refractivity contribution in [1.82, 2.24) is 20.2 Å². The normalized spacial score (nSPS) is 11.8. The summed E-state index contributed by atoms with van der Waals surface area (Å²) in [4.78, 5) is 41.3. The topological polar surface area (TPSA) is 93.1 Å². The molecule has 0 fully saturated rings. The zero-order chi connectivity index (χ0) is 20.1. The molecule has 7 nitrogen and oxygen atoms in total. The predicted octanol–water partition coefficient (Wildman–Crippen LogP) is 2.38. The molecule has 0 radical (unpaired) electrons. The van der Waals surface area contributed by atoms with Gasteiger partial charge in [-0.1, -0.05) is 54.2 Å². The largest absolute Gasteiger partial charge is 0.341 e. The van der Waals surface area contributed by atoms with Crippen molar-refractivity contribution < 1.29 is 9.59 Å². The maximum absolute atomic E-state index is 13.1. The lowest BCUT2D eigenvalue weighted by Crippen LogP contribution is -2.41. The lowest BCUT2D eigenvalue weighted by atomic mass is 10.2. The number of aromatic nitrogens is 2. The van der Waals surface area contributed by atoms with E-state index < -0.39 is 17.2 Å². The highest BCUT2D eigenvalue weighted by atomic mass is 32.2. The van der Waals surface area contributed by atoms with Crippen LogP contribution in [0.1, 0.15) is 12.5 Å². The molecule has 3 aromatic rings. The molecular formula is C20H20N4O3S. The van der Waals surface area contributed by atoms with Gasteiger partial charge in [0.15, 0.2) is 5.16 Å². The summed E-state index contributed by atoms with van der Waals surface area (Å²) >= 11 is 1.14. The van der Waals surface area contributed by atoms with Gasteiger partial charge < -0.3 is 5.32 Å². The molecule has 2 aromatic carbocycles. The summed E-state index contributed by atoms with van der Waals surface area (Å²) in [5, 5.41) is 4.91. The van der Waals surface area contributed by atoms with E-state index in [1.54, 1.807) is 29.7 Å². The maximum Gasteiger partial charge on any atom is 0.321 e. The third kappa shape index (κ3) is 4.40. The Hall–Kier alpha value is -3.13. The van der Waals surface area contributed by atoms with Crippen molar-refractivity contribution in [2.45, 2.75) is 23.9 Å². The molecule has 1 aromatic heterocycles. The average Bonchev–Trinajstić information content (AvgIpc) is 2.71. The fourth-order valence-corrected chi connectivity index (χ4v) is 3.54. The van der Waals surface area contributed by atoms with Gasteiger partial charge in [-0.2, -0.15) is 0 Å². The molecule has 0 aliphatic carbocycles. The van der Waals surface area contributed by atoms with Crippen LogP contribution >= 0.6 is 11.8 Å². The van der Waals surface area contributed by atoms with Gasteiger partial charge in [-0.25, -0.2) is 9.78 Å². The predicted molar refractivity (Wildman–Crippen MR) is 109 cm³/mol. The summed E-state index contributed by atoms with van der Waals surface area (Å²) in [5.41, 5.74) is 1.35. The van der Waals surface area contributed by atoms with Crippen LogP contribution in [0.4, 0.5) is 4.79 Å². The maximum atomic E-state index is 13.1. The molecule has 3 amide bonds. The van der Waals surface area contributed by atoms with E-state index in [0.29, 0.717) is 22.6 Å². The van der Waals surface area contributed by atoms with E-state index in [9.17, 15) is 14.4 Å². The van der Waals surface area contributed by atoms with E-state index in [1.165, 1.54) is 7.05 Å². The number of carbonyl (C=O) groups is 2. The SMILES string of the molecule is CNC(=O)NC(=O)[C@@H](C)Sc1nc2ccccc2c(=O)n1Cc1ccccc1. The number of nitrogens with zero attached hydrogens (tertiary/aromatic N) is 2. The van der Waals surface area contributed by atoms with Gasteiger partial charge in [0.25, 0.3) is 5.56 Å². The highest BCUT2D eigenvalue weighted by Crippen LogP contribution is 2.23. The molecule has 0 aliphatic rings. The van der Waals surface area contributed by atoms with Gasteiger partial charge in [0.2, 0.25) is 5.91 Å². The Bertz CT molecular complexity index is 1070. The van der Waals surface area contributed by atoms with Crippen molar-refractivity contribution in [3.05, 3.63) is 70.5 Å². The number of benzene rings is 2. The van der Waals surface area contributed by atoms with Crippen LogP contribution in [0.15, 0.2) is 64.5 Å². The average molecular weight is 396 g/mol. The molecular weight excluding hydrogens is 376 g/mol. The Labute approximate surface area is 166 Å². The molecule has 0 spiro atoms. The number of hydrogen-bond donors (Lipinski definition) is 2. The van der Waals surface area contributed by atoms with Crippen LogP contribution < -0.4 is 16.2 Å². The molecule has 1 heterocycles. The standard InChI is InChI=1S/C20H20N4O3S/c1-13(17(25)23-19(27)21-2)28-20-22-16-11-7-6-10-15(16)18(26)24(20)12-14-8-4-3-5-9-14/h3-11,13H,12H2,1-2H3,(H2,21,23,25,27)/t13-/m1/s1. The van der Waals surface area contributed by atoms with E-state index in [1.807, 2.05) is 36.4 Å². The van der Waals surface area contributed by atoms with Crippen LogP contribution in [0.3, 0.4) is 0 Å². The lowest BCUT2D eigenvalue weighted by Gasteiger charge is -2.16. The Morgan fingerprint density at radius 3 is 2.50 bits per heavy atom. The number of carbonyl (C=O) groups excluding carboxylic acids is 2. The van der Waals surface area contributed by atoms with Crippen LogP contribution in [0, 0.1) is 0 Å². The van der Waals surface area contributed by atoms with Crippen molar-refractivity contribution in [3.63, 3.8) is 0 Å². The molecule has 0 saturated carbocycles. The number of fused-ring (bicyclic) bond motifs is 1. The van der Waals surface area contributed by atoms with E-state index in [2.05, 4.69) is 15.6 Å². The molecule has 1 atom stereocenters. The van der Waals surface area contributed by atoms with Crippen molar-refractivity contribution in [1.29, 1.82) is 0 Å². The number of hydrogen-bond acceptors (Lipinski definition) is 5. The zero-order valence-corrected chi connectivity index (χ0v) is 16.3. The first-order valence-electron chi connectivity index (χ1n) is 8.72. The summed E-state index contributed by atoms with van der Waals surface area (Å²) in [6, 6.07) is 16.1. The minimum absolute atomic E-state index is 0.170. The molecule has 8 heteroatoms. The second-order valence-corrected chi connectivity index (χ2v) is 7.42. The van der Waals surface area contributed by atoms with E-state index >= 15 is 0 Å². The summed E-state index contributed by atoms with van der Waals surface area (Å²) in [6.45, 7) is 2.00. The first kappa shape index (κ1) is 19.6.